The van der Waals surface area contributed by atoms with Crippen LogP contribution in [0.5, 0.6) is 0 Å². The van der Waals surface area contributed by atoms with Crippen molar-refractivity contribution in [3.05, 3.63) is 41.5 Å². The van der Waals surface area contributed by atoms with Crippen LogP contribution in [0.1, 0.15) is 37.8 Å². The van der Waals surface area contributed by atoms with Gasteiger partial charge in [0.1, 0.15) is 0 Å². The lowest BCUT2D eigenvalue weighted by molar-refractivity contribution is 0.962. The standard InChI is InChI=1S/C13H18/c1-3-5-6-8-13-10-7-9-12(4-2)11-13/h6-11H,3-5H2,1-2H3. The summed E-state index contributed by atoms with van der Waals surface area (Å²) in [5.41, 5.74) is 2.74. The predicted molar refractivity (Wildman–Crippen MR) is 59.8 cm³/mol. The van der Waals surface area contributed by atoms with E-state index in [-0.39, 0.29) is 0 Å². The van der Waals surface area contributed by atoms with Crippen molar-refractivity contribution in [1.82, 2.24) is 0 Å². The molecule has 0 heterocycles. The normalized spacial score (nSPS) is 10.9. The Bertz CT molecular complexity index is 271. The first-order valence-electron chi connectivity index (χ1n) is 5.12. The SMILES string of the molecule is CCCC=Cc1cccc(CC)c1. The zero-order valence-corrected chi connectivity index (χ0v) is 8.59. The van der Waals surface area contributed by atoms with Crippen molar-refractivity contribution in [2.45, 2.75) is 33.1 Å². The highest BCUT2D eigenvalue weighted by Crippen LogP contribution is 2.08. The van der Waals surface area contributed by atoms with Crippen molar-refractivity contribution in [2.75, 3.05) is 0 Å². The van der Waals surface area contributed by atoms with Crippen LogP contribution in [0.25, 0.3) is 6.08 Å². The molecule has 0 N–H and O–H groups in total. The largest absolute Gasteiger partial charge is 0.0840 e. The molecule has 0 amide bonds. The van der Waals surface area contributed by atoms with Crippen LogP contribution in [0.3, 0.4) is 0 Å². The molecule has 0 unspecified atom stereocenters. The number of unbranched alkanes of at least 4 members (excludes halogenated alkanes) is 1. The van der Waals surface area contributed by atoms with Crippen molar-refractivity contribution >= 4 is 6.08 Å². The van der Waals surface area contributed by atoms with Gasteiger partial charge in [0, 0.05) is 0 Å². The summed E-state index contributed by atoms with van der Waals surface area (Å²) >= 11 is 0. The van der Waals surface area contributed by atoms with Crippen LogP contribution in [0.2, 0.25) is 0 Å². The van der Waals surface area contributed by atoms with Gasteiger partial charge >= 0.3 is 0 Å². The Hall–Kier alpha value is -1.04. The van der Waals surface area contributed by atoms with Gasteiger partial charge in [-0.15, -0.1) is 0 Å². The number of hydrogen-bond acceptors (Lipinski definition) is 0. The molecule has 1 aromatic rings. The van der Waals surface area contributed by atoms with Gasteiger partial charge in [-0.05, 0) is 24.0 Å². The minimum absolute atomic E-state index is 1.12. The molecule has 0 spiro atoms. The van der Waals surface area contributed by atoms with Gasteiger partial charge in [0.05, 0.1) is 0 Å². The number of aryl methyl sites for hydroxylation is 1. The maximum absolute atomic E-state index is 2.26. The molecule has 1 rings (SSSR count). The predicted octanol–water partition coefficient (Wildman–Crippen LogP) is 4.06. The molecule has 70 valence electrons. The average Bonchev–Trinajstić information content (AvgIpc) is 2.19. The summed E-state index contributed by atoms with van der Waals surface area (Å²) in [6.45, 7) is 4.39. The van der Waals surface area contributed by atoms with E-state index >= 15 is 0 Å². The van der Waals surface area contributed by atoms with Crippen molar-refractivity contribution in [3.63, 3.8) is 0 Å². The Morgan fingerprint density at radius 2 is 2.08 bits per heavy atom. The summed E-state index contributed by atoms with van der Waals surface area (Å²) in [6, 6.07) is 8.72. The van der Waals surface area contributed by atoms with Gasteiger partial charge in [-0.1, -0.05) is 56.7 Å². The summed E-state index contributed by atoms with van der Waals surface area (Å²) in [5.74, 6) is 0. The minimum atomic E-state index is 1.12. The van der Waals surface area contributed by atoms with Gasteiger partial charge in [-0.2, -0.15) is 0 Å². The summed E-state index contributed by atoms with van der Waals surface area (Å²) in [4.78, 5) is 0. The van der Waals surface area contributed by atoms with E-state index in [2.05, 4.69) is 50.3 Å². The van der Waals surface area contributed by atoms with Gasteiger partial charge in [-0.25, -0.2) is 0 Å². The molecule has 0 radical (unpaired) electrons. The molecule has 0 saturated carbocycles. The third kappa shape index (κ3) is 3.45. The van der Waals surface area contributed by atoms with E-state index in [1.165, 1.54) is 24.0 Å². The monoisotopic (exact) mass is 174 g/mol. The van der Waals surface area contributed by atoms with E-state index in [0.717, 1.165) is 6.42 Å². The zero-order chi connectivity index (χ0) is 9.52. The van der Waals surface area contributed by atoms with Crippen LogP contribution in [0.4, 0.5) is 0 Å². The van der Waals surface area contributed by atoms with Crippen LogP contribution in [-0.4, -0.2) is 0 Å². The highest BCUT2D eigenvalue weighted by Gasteiger charge is 1.89. The highest BCUT2D eigenvalue weighted by atomic mass is 13.9. The molecule has 0 aromatic heterocycles. The molecule has 0 aliphatic carbocycles. The lowest BCUT2D eigenvalue weighted by Gasteiger charge is -1.97. The van der Waals surface area contributed by atoms with E-state index in [0.29, 0.717) is 0 Å². The molecule has 0 saturated heterocycles. The fraction of sp³-hybridized carbons (Fsp3) is 0.385. The third-order valence-electron chi connectivity index (χ3n) is 2.12. The average molecular weight is 174 g/mol. The molecule has 0 aliphatic rings. The molecule has 0 atom stereocenters. The topological polar surface area (TPSA) is 0 Å². The van der Waals surface area contributed by atoms with Crippen molar-refractivity contribution in [1.29, 1.82) is 0 Å². The van der Waals surface area contributed by atoms with Gasteiger partial charge in [-0.3, -0.25) is 0 Å². The van der Waals surface area contributed by atoms with E-state index in [1.807, 2.05) is 0 Å². The molecule has 0 heteroatoms. The Balaban J connectivity index is 2.66. The van der Waals surface area contributed by atoms with Crippen LogP contribution in [0, 0.1) is 0 Å². The number of hydrogen-bond donors (Lipinski definition) is 0. The summed E-state index contributed by atoms with van der Waals surface area (Å²) in [5, 5.41) is 0. The van der Waals surface area contributed by atoms with E-state index < -0.39 is 0 Å². The molecule has 1 aromatic carbocycles. The number of rotatable bonds is 4. The maximum atomic E-state index is 2.26. The van der Waals surface area contributed by atoms with E-state index in [9.17, 15) is 0 Å². The summed E-state index contributed by atoms with van der Waals surface area (Å²) in [6.07, 6.45) is 7.98. The fourth-order valence-electron chi connectivity index (χ4n) is 1.30. The molecular formula is C13H18. The fourth-order valence-corrected chi connectivity index (χ4v) is 1.30. The molecule has 0 nitrogen and oxygen atoms in total. The van der Waals surface area contributed by atoms with Gasteiger partial charge in [0.2, 0.25) is 0 Å². The van der Waals surface area contributed by atoms with Crippen molar-refractivity contribution in [3.8, 4) is 0 Å². The lowest BCUT2D eigenvalue weighted by atomic mass is 10.1. The highest BCUT2D eigenvalue weighted by molar-refractivity contribution is 5.50. The first-order chi connectivity index (χ1) is 6.36. The minimum Gasteiger partial charge on any atom is -0.0840 e. The van der Waals surface area contributed by atoms with Gasteiger partial charge < -0.3 is 0 Å². The second-order valence-corrected chi connectivity index (χ2v) is 3.29. The van der Waals surface area contributed by atoms with Gasteiger partial charge in [0.25, 0.3) is 0 Å². The Labute approximate surface area is 81.3 Å². The molecule has 0 fully saturated rings. The smallest absolute Gasteiger partial charge is 0.0257 e. The van der Waals surface area contributed by atoms with E-state index in [1.54, 1.807) is 0 Å². The Morgan fingerprint density at radius 3 is 2.77 bits per heavy atom. The zero-order valence-electron chi connectivity index (χ0n) is 8.59. The van der Waals surface area contributed by atoms with Crippen molar-refractivity contribution < 1.29 is 0 Å². The Kier molecular flexibility index (Phi) is 4.31. The quantitative estimate of drug-likeness (QED) is 0.645. The first kappa shape index (κ1) is 10.0. The number of benzene rings is 1. The lowest BCUT2D eigenvalue weighted by Crippen LogP contribution is -1.80. The van der Waals surface area contributed by atoms with Crippen LogP contribution in [0.15, 0.2) is 30.3 Å². The number of allylic oxidation sites excluding steroid dienone is 1. The molecule has 0 aliphatic heterocycles. The second-order valence-electron chi connectivity index (χ2n) is 3.29. The van der Waals surface area contributed by atoms with Crippen LogP contribution in [-0.2, 0) is 6.42 Å². The summed E-state index contributed by atoms with van der Waals surface area (Å²) in [7, 11) is 0. The molecule has 0 bridgehead atoms. The molecular weight excluding hydrogens is 156 g/mol. The second kappa shape index (κ2) is 5.58. The first-order valence-corrected chi connectivity index (χ1v) is 5.12. The summed E-state index contributed by atoms with van der Waals surface area (Å²) < 4.78 is 0. The third-order valence-corrected chi connectivity index (χ3v) is 2.12. The molecule has 13 heavy (non-hydrogen) atoms. The van der Waals surface area contributed by atoms with Crippen LogP contribution >= 0.6 is 0 Å². The van der Waals surface area contributed by atoms with Gasteiger partial charge in [0.15, 0.2) is 0 Å². The van der Waals surface area contributed by atoms with Crippen LogP contribution < -0.4 is 0 Å². The maximum Gasteiger partial charge on any atom is -0.0257 e. The van der Waals surface area contributed by atoms with E-state index in [4.69, 9.17) is 0 Å². The Morgan fingerprint density at radius 1 is 1.23 bits per heavy atom. The van der Waals surface area contributed by atoms with Crippen molar-refractivity contribution in [2.24, 2.45) is 0 Å².